The fraction of sp³-hybridized carbons (Fsp3) is 0.222. The van der Waals surface area contributed by atoms with E-state index in [1.807, 2.05) is 38.2 Å². The molecule has 1 rings (SSSR count). The molecule has 1 nitrogen and oxygen atoms in total. The van der Waals surface area contributed by atoms with Crippen LogP contribution in [0.4, 0.5) is 0 Å². The second-order valence-electron chi connectivity index (χ2n) is 2.33. The summed E-state index contributed by atoms with van der Waals surface area (Å²) in [5.74, 6) is 0. The molecule has 0 amide bonds. The van der Waals surface area contributed by atoms with Gasteiger partial charge in [-0.15, -0.1) is 0 Å². The Hall–Kier alpha value is -0.760. The van der Waals surface area contributed by atoms with Crippen LogP contribution in [0, 0.1) is 5.41 Å². The van der Waals surface area contributed by atoms with Crippen molar-refractivity contribution in [2.75, 3.05) is 0 Å². The first-order chi connectivity index (χ1) is 5.24. The van der Waals surface area contributed by atoms with Crippen molar-refractivity contribution in [1.29, 1.82) is 5.41 Å². The van der Waals surface area contributed by atoms with Gasteiger partial charge in [-0.1, -0.05) is 30.0 Å². The van der Waals surface area contributed by atoms with Crippen LogP contribution in [0.5, 0.6) is 0 Å². The van der Waals surface area contributed by atoms with Crippen molar-refractivity contribution in [2.24, 2.45) is 0 Å². The molecule has 0 saturated carbocycles. The van der Waals surface area contributed by atoms with E-state index in [2.05, 4.69) is 0 Å². The molecule has 1 aliphatic rings. The monoisotopic (exact) mass is 165 g/mol. The Labute approximate surface area is 71.4 Å². The molecule has 11 heavy (non-hydrogen) atoms. The van der Waals surface area contributed by atoms with Crippen LogP contribution in [0.25, 0.3) is 0 Å². The molecule has 0 atom stereocenters. The molecule has 0 aromatic rings. The summed E-state index contributed by atoms with van der Waals surface area (Å²) in [5, 5.41) is 8.18. The summed E-state index contributed by atoms with van der Waals surface area (Å²) in [6.45, 7) is 4.00. The average molecular weight is 165 g/mol. The molecule has 0 unspecified atom stereocenters. The fourth-order valence-corrected chi connectivity index (χ4v) is 1.61. The molecule has 0 aromatic carbocycles. The van der Waals surface area contributed by atoms with Crippen molar-refractivity contribution in [3.63, 3.8) is 0 Å². The number of allylic oxidation sites excluding steroid dienone is 5. The van der Waals surface area contributed by atoms with E-state index >= 15 is 0 Å². The van der Waals surface area contributed by atoms with Crippen molar-refractivity contribution in [2.45, 2.75) is 13.8 Å². The molecular weight excluding hydrogens is 154 g/mol. The van der Waals surface area contributed by atoms with Crippen LogP contribution in [0.1, 0.15) is 13.8 Å². The van der Waals surface area contributed by atoms with Crippen molar-refractivity contribution >= 4 is 16.8 Å². The normalized spacial score (nSPS) is 21.8. The van der Waals surface area contributed by atoms with Gasteiger partial charge in [0.2, 0.25) is 0 Å². The third-order valence-corrected chi connectivity index (χ3v) is 2.23. The minimum atomic E-state index is 0.653. The number of hydrogen-bond donors (Lipinski definition) is 1. The zero-order valence-corrected chi connectivity index (χ0v) is 7.53. The first kappa shape index (κ1) is 8.34. The number of hydrogen-bond acceptors (Lipinski definition) is 2. The van der Waals surface area contributed by atoms with Crippen molar-refractivity contribution < 1.29 is 0 Å². The van der Waals surface area contributed by atoms with E-state index in [-0.39, 0.29) is 0 Å². The first-order valence-corrected chi connectivity index (χ1v) is 4.33. The Bertz CT molecular complexity index is 259. The number of rotatable bonds is 1. The lowest BCUT2D eigenvalue weighted by Crippen LogP contribution is -1.84. The SMILES string of the molecule is C/C=C\C=C1\C=C(C)SC1=N. The maximum atomic E-state index is 7.52. The highest BCUT2D eigenvalue weighted by molar-refractivity contribution is 8.18. The van der Waals surface area contributed by atoms with Gasteiger partial charge in [0.05, 0.1) is 5.04 Å². The van der Waals surface area contributed by atoms with Crippen LogP contribution in [0.15, 0.2) is 34.8 Å². The van der Waals surface area contributed by atoms with Gasteiger partial charge in [0.1, 0.15) is 0 Å². The van der Waals surface area contributed by atoms with Gasteiger partial charge in [-0.2, -0.15) is 0 Å². The Morgan fingerprint density at radius 2 is 2.27 bits per heavy atom. The first-order valence-electron chi connectivity index (χ1n) is 3.52. The summed E-state index contributed by atoms with van der Waals surface area (Å²) in [4.78, 5) is 1.20. The summed E-state index contributed by atoms with van der Waals surface area (Å²) >= 11 is 1.52. The lowest BCUT2D eigenvalue weighted by Gasteiger charge is -1.89. The van der Waals surface area contributed by atoms with Gasteiger partial charge in [0.15, 0.2) is 0 Å². The standard InChI is InChI=1S/C9H11NS/c1-3-4-5-8-6-7(2)11-9(8)10/h3-6,10H,1-2H3/b4-3-,8-5-,10-9?. The van der Waals surface area contributed by atoms with Crippen molar-refractivity contribution in [3.05, 3.63) is 34.8 Å². The minimum absolute atomic E-state index is 0.653. The molecule has 2 heteroatoms. The van der Waals surface area contributed by atoms with E-state index in [4.69, 9.17) is 5.41 Å². The lowest BCUT2D eigenvalue weighted by atomic mass is 10.2. The smallest absolute Gasteiger partial charge is 0.0987 e. The highest BCUT2D eigenvalue weighted by Gasteiger charge is 2.11. The molecule has 0 radical (unpaired) electrons. The fourth-order valence-electron chi connectivity index (χ4n) is 0.858. The second-order valence-corrected chi connectivity index (χ2v) is 3.59. The molecule has 0 fully saturated rings. The van der Waals surface area contributed by atoms with E-state index in [0.717, 1.165) is 5.57 Å². The van der Waals surface area contributed by atoms with Crippen LogP contribution in [-0.4, -0.2) is 5.04 Å². The predicted molar refractivity (Wildman–Crippen MR) is 52.0 cm³/mol. The van der Waals surface area contributed by atoms with Gasteiger partial charge in [0, 0.05) is 5.57 Å². The molecule has 0 aliphatic carbocycles. The summed E-state index contributed by atoms with van der Waals surface area (Å²) in [7, 11) is 0. The van der Waals surface area contributed by atoms with Crippen LogP contribution >= 0.6 is 11.8 Å². The van der Waals surface area contributed by atoms with Crippen LogP contribution in [-0.2, 0) is 0 Å². The molecule has 1 heterocycles. The minimum Gasteiger partial charge on any atom is -0.293 e. The van der Waals surface area contributed by atoms with Crippen LogP contribution < -0.4 is 0 Å². The van der Waals surface area contributed by atoms with Gasteiger partial charge in [-0.25, -0.2) is 0 Å². The molecule has 1 aliphatic heterocycles. The summed E-state index contributed by atoms with van der Waals surface area (Å²) in [6, 6.07) is 0. The van der Waals surface area contributed by atoms with Crippen LogP contribution in [0.2, 0.25) is 0 Å². The van der Waals surface area contributed by atoms with E-state index in [1.54, 1.807) is 0 Å². The van der Waals surface area contributed by atoms with Crippen LogP contribution in [0.3, 0.4) is 0 Å². The third-order valence-electron chi connectivity index (χ3n) is 1.35. The summed E-state index contributed by atoms with van der Waals surface area (Å²) in [5.41, 5.74) is 1.02. The van der Waals surface area contributed by atoms with E-state index in [0.29, 0.717) is 5.04 Å². The van der Waals surface area contributed by atoms with Gasteiger partial charge in [-0.05, 0) is 24.8 Å². The Morgan fingerprint density at radius 3 is 2.73 bits per heavy atom. The molecular formula is C9H11NS. The second kappa shape index (κ2) is 3.58. The van der Waals surface area contributed by atoms with E-state index in [9.17, 15) is 0 Å². The molecule has 0 saturated heterocycles. The summed E-state index contributed by atoms with van der Waals surface area (Å²) < 4.78 is 0. The number of nitrogens with one attached hydrogen (secondary N) is 1. The molecule has 0 bridgehead atoms. The van der Waals surface area contributed by atoms with Crippen molar-refractivity contribution in [3.8, 4) is 0 Å². The third kappa shape index (κ3) is 2.09. The van der Waals surface area contributed by atoms with Gasteiger partial charge in [0.25, 0.3) is 0 Å². The number of thioether (sulfide) groups is 1. The topological polar surface area (TPSA) is 23.9 Å². The van der Waals surface area contributed by atoms with Gasteiger partial charge >= 0.3 is 0 Å². The molecule has 0 aromatic heterocycles. The van der Waals surface area contributed by atoms with Crippen molar-refractivity contribution in [1.82, 2.24) is 0 Å². The lowest BCUT2D eigenvalue weighted by molar-refractivity contribution is 1.54. The summed E-state index contributed by atoms with van der Waals surface area (Å²) in [6.07, 6.45) is 7.92. The van der Waals surface area contributed by atoms with E-state index < -0.39 is 0 Å². The Morgan fingerprint density at radius 1 is 1.55 bits per heavy atom. The predicted octanol–water partition coefficient (Wildman–Crippen LogP) is 3.12. The largest absolute Gasteiger partial charge is 0.293 e. The average Bonchev–Trinajstić information content (AvgIpc) is 2.26. The van der Waals surface area contributed by atoms with Gasteiger partial charge in [-0.3, -0.25) is 5.41 Å². The molecule has 58 valence electrons. The maximum absolute atomic E-state index is 7.52. The molecule has 1 N–H and O–H groups in total. The highest BCUT2D eigenvalue weighted by Crippen LogP contribution is 2.29. The quantitative estimate of drug-likeness (QED) is 0.634. The molecule has 0 spiro atoms. The Balaban J connectivity index is 2.81. The van der Waals surface area contributed by atoms with Gasteiger partial charge < -0.3 is 0 Å². The zero-order chi connectivity index (χ0) is 8.27. The Kier molecular flexibility index (Phi) is 2.71. The van der Waals surface area contributed by atoms with E-state index in [1.165, 1.54) is 16.7 Å². The highest BCUT2D eigenvalue weighted by atomic mass is 32.2. The zero-order valence-electron chi connectivity index (χ0n) is 6.72. The maximum Gasteiger partial charge on any atom is 0.0987 e.